The average Bonchev–Trinajstić information content (AvgIpc) is 2.64. The Morgan fingerprint density at radius 2 is 2.22 bits per heavy atom. The molecule has 1 aromatic heterocycles. The van der Waals surface area contributed by atoms with Crippen LogP contribution in [0.4, 0.5) is 0 Å². The second-order valence-electron chi connectivity index (χ2n) is 5.33. The van der Waals surface area contributed by atoms with Gasteiger partial charge in [-0.25, -0.2) is 4.98 Å². The van der Waals surface area contributed by atoms with Gasteiger partial charge in [0.15, 0.2) is 0 Å². The zero-order valence-corrected chi connectivity index (χ0v) is 10.9. The Balaban J connectivity index is 1.99. The molecule has 0 saturated heterocycles. The van der Waals surface area contributed by atoms with E-state index in [1.807, 2.05) is 12.1 Å². The summed E-state index contributed by atoms with van der Waals surface area (Å²) < 4.78 is 7.37. The highest BCUT2D eigenvalue weighted by Gasteiger charge is 2.34. The standard InChI is InChI=1S/C14H19N3O/c1-17-12-5-4-10(18-2)8-11(12)16-13(17)9-14(15)6-3-7-14/h4-5,8H,3,6-7,9,15H2,1-2H3. The number of hydrogen-bond donors (Lipinski definition) is 1. The van der Waals surface area contributed by atoms with Crippen LogP contribution in [0, 0.1) is 0 Å². The van der Waals surface area contributed by atoms with Crippen molar-refractivity contribution in [3.05, 3.63) is 24.0 Å². The number of hydrogen-bond acceptors (Lipinski definition) is 3. The van der Waals surface area contributed by atoms with Gasteiger partial charge in [0.25, 0.3) is 0 Å². The second-order valence-corrected chi connectivity index (χ2v) is 5.33. The lowest BCUT2D eigenvalue weighted by atomic mass is 9.75. The summed E-state index contributed by atoms with van der Waals surface area (Å²) in [6.07, 6.45) is 4.33. The quantitative estimate of drug-likeness (QED) is 0.900. The molecule has 3 rings (SSSR count). The van der Waals surface area contributed by atoms with Gasteiger partial charge >= 0.3 is 0 Å². The van der Waals surface area contributed by atoms with Gasteiger partial charge in [-0.05, 0) is 31.4 Å². The van der Waals surface area contributed by atoms with Gasteiger partial charge in [0.1, 0.15) is 11.6 Å². The van der Waals surface area contributed by atoms with Crippen molar-refractivity contribution in [2.24, 2.45) is 12.8 Å². The van der Waals surface area contributed by atoms with Crippen molar-refractivity contribution >= 4 is 11.0 Å². The van der Waals surface area contributed by atoms with E-state index in [2.05, 4.69) is 17.7 Å². The van der Waals surface area contributed by atoms with Crippen LogP contribution in [0.15, 0.2) is 18.2 Å². The smallest absolute Gasteiger partial charge is 0.121 e. The highest BCUT2D eigenvalue weighted by Crippen LogP contribution is 2.33. The number of aryl methyl sites for hydroxylation is 1. The Bertz CT molecular complexity index is 584. The number of methoxy groups -OCH3 is 1. The first-order valence-corrected chi connectivity index (χ1v) is 6.39. The number of fused-ring (bicyclic) bond motifs is 1. The highest BCUT2D eigenvalue weighted by molar-refractivity contribution is 5.77. The van der Waals surface area contributed by atoms with E-state index in [1.54, 1.807) is 7.11 Å². The molecular formula is C14H19N3O. The molecule has 0 spiro atoms. The largest absolute Gasteiger partial charge is 0.497 e. The molecule has 0 atom stereocenters. The molecule has 2 N–H and O–H groups in total. The van der Waals surface area contributed by atoms with Crippen molar-refractivity contribution in [2.45, 2.75) is 31.2 Å². The van der Waals surface area contributed by atoms with Gasteiger partial charge in [0.05, 0.1) is 18.1 Å². The lowest BCUT2D eigenvalue weighted by Crippen LogP contribution is -2.48. The molecule has 1 heterocycles. The first kappa shape index (κ1) is 11.5. The maximum Gasteiger partial charge on any atom is 0.121 e. The van der Waals surface area contributed by atoms with Gasteiger partial charge in [0.2, 0.25) is 0 Å². The van der Waals surface area contributed by atoms with E-state index in [9.17, 15) is 0 Å². The minimum atomic E-state index is -0.0285. The fraction of sp³-hybridized carbons (Fsp3) is 0.500. The molecule has 1 aliphatic rings. The molecule has 1 saturated carbocycles. The van der Waals surface area contributed by atoms with E-state index in [1.165, 1.54) is 6.42 Å². The Morgan fingerprint density at radius 1 is 1.44 bits per heavy atom. The topological polar surface area (TPSA) is 53.1 Å². The monoisotopic (exact) mass is 245 g/mol. The zero-order valence-electron chi connectivity index (χ0n) is 10.9. The first-order valence-electron chi connectivity index (χ1n) is 6.39. The molecule has 1 aliphatic carbocycles. The fourth-order valence-electron chi connectivity index (χ4n) is 2.64. The molecule has 4 nitrogen and oxygen atoms in total. The zero-order chi connectivity index (χ0) is 12.8. The summed E-state index contributed by atoms with van der Waals surface area (Å²) in [6, 6.07) is 5.99. The number of ether oxygens (including phenoxy) is 1. The normalized spacial score (nSPS) is 17.7. The van der Waals surface area contributed by atoms with Crippen LogP contribution in [-0.4, -0.2) is 22.2 Å². The van der Waals surface area contributed by atoms with Crippen LogP contribution in [0.25, 0.3) is 11.0 Å². The SMILES string of the molecule is COc1ccc2c(c1)nc(CC1(N)CCC1)n2C. The van der Waals surface area contributed by atoms with Gasteiger partial charge in [-0.15, -0.1) is 0 Å². The molecule has 18 heavy (non-hydrogen) atoms. The first-order chi connectivity index (χ1) is 8.61. The van der Waals surface area contributed by atoms with Crippen molar-refractivity contribution in [1.82, 2.24) is 9.55 Å². The summed E-state index contributed by atoms with van der Waals surface area (Å²) >= 11 is 0. The summed E-state index contributed by atoms with van der Waals surface area (Å²) in [7, 11) is 3.73. The van der Waals surface area contributed by atoms with Crippen molar-refractivity contribution in [3.8, 4) is 5.75 Å². The third-order valence-electron chi connectivity index (χ3n) is 4.04. The lowest BCUT2D eigenvalue weighted by Gasteiger charge is -2.37. The second kappa shape index (κ2) is 3.99. The molecule has 0 aliphatic heterocycles. The van der Waals surface area contributed by atoms with E-state index in [0.717, 1.165) is 41.9 Å². The Morgan fingerprint density at radius 3 is 2.83 bits per heavy atom. The summed E-state index contributed by atoms with van der Waals surface area (Å²) in [5, 5.41) is 0. The van der Waals surface area contributed by atoms with Crippen molar-refractivity contribution in [1.29, 1.82) is 0 Å². The molecule has 2 aromatic rings. The van der Waals surface area contributed by atoms with Gasteiger partial charge in [-0.2, -0.15) is 0 Å². The Kier molecular flexibility index (Phi) is 2.55. The minimum absolute atomic E-state index is 0.0285. The van der Waals surface area contributed by atoms with E-state index < -0.39 is 0 Å². The number of benzene rings is 1. The maximum absolute atomic E-state index is 6.30. The maximum atomic E-state index is 6.30. The van der Waals surface area contributed by atoms with E-state index in [4.69, 9.17) is 15.5 Å². The summed E-state index contributed by atoms with van der Waals surface area (Å²) in [4.78, 5) is 4.69. The lowest BCUT2D eigenvalue weighted by molar-refractivity contribution is 0.242. The number of nitrogens with zero attached hydrogens (tertiary/aromatic N) is 2. The van der Waals surface area contributed by atoms with Gasteiger partial charge in [-0.1, -0.05) is 0 Å². The fourth-order valence-corrected chi connectivity index (χ4v) is 2.64. The molecule has 1 aromatic carbocycles. The van der Waals surface area contributed by atoms with E-state index in [0.29, 0.717) is 0 Å². The molecule has 0 amide bonds. The molecule has 0 bridgehead atoms. The van der Waals surface area contributed by atoms with Gasteiger partial charge < -0.3 is 15.0 Å². The third-order valence-corrected chi connectivity index (χ3v) is 4.04. The van der Waals surface area contributed by atoms with Crippen LogP contribution >= 0.6 is 0 Å². The molecule has 96 valence electrons. The van der Waals surface area contributed by atoms with Crippen molar-refractivity contribution < 1.29 is 4.74 Å². The molecule has 4 heteroatoms. The Hall–Kier alpha value is -1.55. The van der Waals surface area contributed by atoms with Crippen LogP contribution in [0.1, 0.15) is 25.1 Å². The molecule has 0 unspecified atom stereocenters. The van der Waals surface area contributed by atoms with Crippen LogP contribution < -0.4 is 10.5 Å². The molecule has 1 fully saturated rings. The predicted molar refractivity (Wildman–Crippen MR) is 71.7 cm³/mol. The van der Waals surface area contributed by atoms with Crippen LogP contribution in [0.2, 0.25) is 0 Å². The van der Waals surface area contributed by atoms with Crippen molar-refractivity contribution in [2.75, 3.05) is 7.11 Å². The summed E-state index contributed by atoms with van der Waals surface area (Å²) in [5.41, 5.74) is 8.39. The van der Waals surface area contributed by atoms with Crippen molar-refractivity contribution in [3.63, 3.8) is 0 Å². The van der Waals surface area contributed by atoms with E-state index >= 15 is 0 Å². The van der Waals surface area contributed by atoms with Crippen LogP contribution in [-0.2, 0) is 13.5 Å². The minimum Gasteiger partial charge on any atom is -0.497 e. The Labute approximate surface area is 107 Å². The number of rotatable bonds is 3. The third kappa shape index (κ3) is 1.77. The van der Waals surface area contributed by atoms with Crippen LogP contribution in [0.3, 0.4) is 0 Å². The molecule has 0 radical (unpaired) electrons. The average molecular weight is 245 g/mol. The summed E-state index contributed by atoms with van der Waals surface area (Å²) in [6.45, 7) is 0. The molecular weight excluding hydrogens is 226 g/mol. The summed E-state index contributed by atoms with van der Waals surface area (Å²) in [5.74, 6) is 1.92. The highest BCUT2D eigenvalue weighted by atomic mass is 16.5. The number of nitrogens with two attached hydrogens (primary N) is 1. The number of aromatic nitrogens is 2. The predicted octanol–water partition coefficient (Wildman–Crippen LogP) is 2.01. The van der Waals surface area contributed by atoms with Gasteiger partial charge in [-0.3, -0.25) is 0 Å². The number of imidazole rings is 1. The van der Waals surface area contributed by atoms with Crippen LogP contribution in [0.5, 0.6) is 5.75 Å². The van der Waals surface area contributed by atoms with E-state index in [-0.39, 0.29) is 5.54 Å². The van der Waals surface area contributed by atoms with Gasteiger partial charge in [0, 0.05) is 25.1 Å².